The molecule has 1 aromatic heterocycles. The summed E-state index contributed by atoms with van der Waals surface area (Å²) in [5.41, 5.74) is 0.934. The molecule has 1 atom stereocenters. The summed E-state index contributed by atoms with van der Waals surface area (Å²) >= 11 is 0. The van der Waals surface area contributed by atoms with Gasteiger partial charge < -0.3 is 14.9 Å². The minimum Gasteiger partial charge on any atom is -0.389 e. The minimum absolute atomic E-state index is 0.422. The minimum atomic E-state index is -0.422. The molecule has 1 saturated heterocycles. The summed E-state index contributed by atoms with van der Waals surface area (Å²) in [6.45, 7) is 5.93. The monoisotopic (exact) mass is 221 g/mol. The van der Waals surface area contributed by atoms with Crippen molar-refractivity contribution in [3.8, 4) is 0 Å². The third-order valence-electron chi connectivity index (χ3n) is 3.08. The van der Waals surface area contributed by atoms with Crippen LogP contribution in [-0.2, 0) is 0 Å². The third kappa shape index (κ3) is 2.51. The second kappa shape index (κ2) is 4.80. The maximum Gasteiger partial charge on any atom is 0.128 e. The lowest BCUT2D eigenvalue weighted by Gasteiger charge is -2.33. The van der Waals surface area contributed by atoms with Crippen LogP contribution in [0.1, 0.15) is 18.6 Å². The van der Waals surface area contributed by atoms with Crippen LogP contribution in [0.15, 0.2) is 18.3 Å². The summed E-state index contributed by atoms with van der Waals surface area (Å²) in [6, 6.07) is 3.85. The summed E-state index contributed by atoms with van der Waals surface area (Å²) in [4.78, 5) is 8.95. The van der Waals surface area contributed by atoms with E-state index in [9.17, 15) is 5.11 Å². The van der Waals surface area contributed by atoms with Gasteiger partial charge in [-0.15, -0.1) is 0 Å². The number of pyridine rings is 1. The highest BCUT2D eigenvalue weighted by Gasteiger charge is 2.15. The number of hydrogen-bond acceptors (Lipinski definition) is 4. The predicted molar refractivity (Wildman–Crippen MR) is 64.6 cm³/mol. The maximum atomic E-state index is 9.53. The SMILES string of the molecule is CC(O)c1ccnc(N2CCN(C)CC2)c1. The Hall–Kier alpha value is -1.13. The zero-order valence-corrected chi connectivity index (χ0v) is 9.93. The van der Waals surface area contributed by atoms with Crippen LogP contribution in [0.4, 0.5) is 5.82 Å². The average molecular weight is 221 g/mol. The highest BCUT2D eigenvalue weighted by molar-refractivity contribution is 5.42. The number of likely N-dealkylation sites (N-methyl/N-ethyl adjacent to an activating group) is 1. The van der Waals surface area contributed by atoms with Crippen LogP contribution < -0.4 is 4.90 Å². The van der Waals surface area contributed by atoms with Crippen molar-refractivity contribution >= 4 is 5.82 Å². The molecule has 1 aliphatic heterocycles. The summed E-state index contributed by atoms with van der Waals surface area (Å²) < 4.78 is 0. The molecule has 0 radical (unpaired) electrons. The zero-order chi connectivity index (χ0) is 11.5. The number of aromatic nitrogens is 1. The molecule has 0 bridgehead atoms. The molecule has 0 aliphatic carbocycles. The van der Waals surface area contributed by atoms with Gasteiger partial charge in [-0.05, 0) is 31.7 Å². The van der Waals surface area contributed by atoms with Gasteiger partial charge in [-0.3, -0.25) is 0 Å². The number of nitrogens with zero attached hydrogens (tertiary/aromatic N) is 3. The summed E-state index contributed by atoms with van der Waals surface area (Å²) in [5.74, 6) is 0.978. The van der Waals surface area contributed by atoms with Crippen LogP contribution in [0, 0.1) is 0 Å². The van der Waals surface area contributed by atoms with Gasteiger partial charge in [0.05, 0.1) is 6.10 Å². The quantitative estimate of drug-likeness (QED) is 0.805. The van der Waals surface area contributed by atoms with Crippen molar-refractivity contribution in [1.82, 2.24) is 9.88 Å². The van der Waals surface area contributed by atoms with Crippen LogP contribution in [0.25, 0.3) is 0 Å². The van der Waals surface area contributed by atoms with E-state index in [2.05, 4.69) is 21.8 Å². The molecule has 1 aliphatic rings. The first-order valence-corrected chi connectivity index (χ1v) is 5.74. The van der Waals surface area contributed by atoms with Gasteiger partial charge in [0.15, 0.2) is 0 Å². The Kier molecular flexibility index (Phi) is 3.41. The number of hydrogen-bond donors (Lipinski definition) is 1. The molecule has 1 aromatic rings. The number of aliphatic hydroxyl groups is 1. The summed E-state index contributed by atoms with van der Waals surface area (Å²) in [7, 11) is 2.14. The van der Waals surface area contributed by atoms with Crippen molar-refractivity contribution in [1.29, 1.82) is 0 Å². The molecule has 0 amide bonds. The van der Waals surface area contributed by atoms with Gasteiger partial charge in [-0.25, -0.2) is 4.98 Å². The molecule has 2 heterocycles. The molecule has 4 heteroatoms. The molecule has 2 rings (SSSR count). The van der Waals surface area contributed by atoms with Gasteiger partial charge in [0.2, 0.25) is 0 Å². The first-order chi connectivity index (χ1) is 7.66. The van der Waals surface area contributed by atoms with Gasteiger partial charge in [-0.1, -0.05) is 0 Å². The van der Waals surface area contributed by atoms with E-state index in [0.29, 0.717) is 0 Å². The smallest absolute Gasteiger partial charge is 0.128 e. The van der Waals surface area contributed by atoms with Crippen molar-refractivity contribution in [2.24, 2.45) is 0 Å². The fourth-order valence-corrected chi connectivity index (χ4v) is 1.90. The molecule has 0 aromatic carbocycles. The van der Waals surface area contributed by atoms with E-state index >= 15 is 0 Å². The Bertz CT molecular complexity index is 346. The Morgan fingerprint density at radius 2 is 2.00 bits per heavy atom. The van der Waals surface area contributed by atoms with E-state index in [1.54, 1.807) is 13.1 Å². The third-order valence-corrected chi connectivity index (χ3v) is 3.08. The van der Waals surface area contributed by atoms with E-state index in [1.807, 2.05) is 12.1 Å². The molecule has 4 nitrogen and oxygen atoms in total. The molecule has 1 unspecified atom stereocenters. The molecule has 88 valence electrons. The molecular weight excluding hydrogens is 202 g/mol. The molecule has 1 fully saturated rings. The standard InChI is InChI=1S/C12H19N3O/c1-10(16)11-3-4-13-12(9-11)15-7-5-14(2)6-8-15/h3-4,9-10,16H,5-8H2,1-2H3. The molecule has 16 heavy (non-hydrogen) atoms. The number of anilines is 1. The second-order valence-electron chi connectivity index (χ2n) is 4.41. The molecule has 0 saturated carbocycles. The zero-order valence-electron chi connectivity index (χ0n) is 9.93. The van der Waals surface area contributed by atoms with Crippen LogP contribution in [0.5, 0.6) is 0 Å². The predicted octanol–water partition coefficient (Wildman–Crippen LogP) is 0.887. The summed E-state index contributed by atoms with van der Waals surface area (Å²) in [5, 5.41) is 9.53. The van der Waals surface area contributed by atoms with Gasteiger partial charge in [0, 0.05) is 32.4 Å². The maximum absolute atomic E-state index is 9.53. The lowest BCUT2D eigenvalue weighted by molar-refractivity contribution is 0.199. The van der Waals surface area contributed by atoms with Crippen LogP contribution in [0.3, 0.4) is 0 Å². The largest absolute Gasteiger partial charge is 0.389 e. The highest BCUT2D eigenvalue weighted by atomic mass is 16.3. The van der Waals surface area contributed by atoms with Gasteiger partial charge in [0.1, 0.15) is 5.82 Å². The Labute approximate surface area is 96.5 Å². The van der Waals surface area contributed by atoms with E-state index < -0.39 is 6.10 Å². The van der Waals surface area contributed by atoms with Crippen molar-refractivity contribution in [3.63, 3.8) is 0 Å². The van der Waals surface area contributed by atoms with Crippen molar-refractivity contribution < 1.29 is 5.11 Å². The van der Waals surface area contributed by atoms with Gasteiger partial charge >= 0.3 is 0 Å². The Balaban J connectivity index is 2.11. The molecular formula is C12H19N3O. The average Bonchev–Trinajstić information content (AvgIpc) is 2.30. The first-order valence-electron chi connectivity index (χ1n) is 5.74. The fourth-order valence-electron chi connectivity index (χ4n) is 1.90. The van der Waals surface area contributed by atoms with Gasteiger partial charge in [0.25, 0.3) is 0 Å². The van der Waals surface area contributed by atoms with Crippen LogP contribution in [0.2, 0.25) is 0 Å². The van der Waals surface area contributed by atoms with Crippen LogP contribution in [-0.4, -0.2) is 48.2 Å². The van der Waals surface area contributed by atoms with E-state index in [-0.39, 0.29) is 0 Å². The van der Waals surface area contributed by atoms with Crippen molar-refractivity contribution in [3.05, 3.63) is 23.9 Å². The number of rotatable bonds is 2. The van der Waals surface area contributed by atoms with E-state index in [1.165, 1.54) is 0 Å². The van der Waals surface area contributed by atoms with Crippen LogP contribution >= 0.6 is 0 Å². The fraction of sp³-hybridized carbons (Fsp3) is 0.583. The Morgan fingerprint density at radius 1 is 1.31 bits per heavy atom. The lowest BCUT2D eigenvalue weighted by atomic mass is 10.1. The molecule has 1 N–H and O–H groups in total. The highest BCUT2D eigenvalue weighted by Crippen LogP contribution is 2.18. The topological polar surface area (TPSA) is 39.6 Å². The lowest BCUT2D eigenvalue weighted by Crippen LogP contribution is -2.44. The van der Waals surface area contributed by atoms with E-state index in [4.69, 9.17) is 0 Å². The first kappa shape index (κ1) is 11.4. The number of aliphatic hydroxyl groups excluding tert-OH is 1. The van der Waals surface area contributed by atoms with Crippen molar-refractivity contribution in [2.75, 3.05) is 38.1 Å². The molecule has 0 spiro atoms. The number of piperazine rings is 1. The van der Waals surface area contributed by atoms with Crippen molar-refractivity contribution in [2.45, 2.75) is 13.0 Å². The Morgan fingerprint density at radius 3 is 2.62 bits per heavy atom. The normalized spacial score (nSPS) is 19.8. The second-order valence-corrected chi connectivity index (χ2v) is 4.41. The van der Waals surface area contributed by atoms with Gasteiger partial charge in [-0.2, -0.15) is 0 Å². The summed E-state index contributed by atoms with van der Waals surface area (Å²) in [6.07, 6.45) is 1.35. The van der Waals surface area contributed by atoms with E-state index in [0.717, 1.165) is 37.6 Å².